The molecule has 0 bridgehead atoms. The van der Waals surface area contributed by atoms with E-state index in [9.17, 15) is 4.79 Å². The number of hydrogen-bond acceptors (Lipinski definition) is 3. The summed E-state index contributed by atoms with van der Waals surface area (Å²) in [4.78, 5) is 15.8. The summed E-state index contributed by atoms with van der Waals surface area (Å²) in [6.07, 6.45) is 3.54. The van der Waals surface area contributed by atoms with Crippen LogP contribution in [-0.4, -0.2) is 30.1 Å². The first-order valence-corrected chi connectivity index (χ1v) is 6.05. The maximum atomic E-state index is 11.8. The summed E-state index contributed by atoms with van der Waals surface area (Å²) >= 11 is 3.23. The van der Waals surface area contributed by atoms with Crippen molar-refractivity contribution in [1.29, 1.82) is 0 Å². The van der Waals surface area contributed by atoms with Crippen LogP contribution in [0.4, 0.5) is 0 Å². The maximum Gasteiger partial charge on any atom is 0.253 e. The van der Waals surface area contributed by atoms with Crippen molar-refractivity contribution in [2.24, 2.45) is 0 Å². The molecule has 0 aromatic carbocycles. The molecule has 0 aliphatic carbocycles. The van der Waals surface area contributed by atoms with Gasteiger partial charge in [0.25, 0.3) is 5.91 Å². The van der Waals surface area contributed by atoms with Gasteiger partial charge in [-0.15, -0.1) is 0 Å². The number of pyridine rings is 1. The van der Waals surface area contributed by atoms with Crippen LogP contribution in [0.2, 0.25) is 0 Å². The van der Waals surface area contributed by atoms with E-state index in [0.29, 0.717) is 12.2 Å². The Kier molecular flexibility index (Phi) is 3.90. The lowest BCUT2D eigenvalue weighted by Gasteiger charge is -2.23. The number of aromatic nitrogens is 1. The third-order valence-electron chi connectivity index (χ3n) is 2.49. The first-order valence-electron chi connectivity index (χ1n) is 5.26. The molecule has 2 heterocycles. The predicted molar refractivity (Wildman–Crippen MR) is 63.2 cm³/mol. The summed E-state index contributed by atoms with van der Waals surface area (Å²) in [6.45, 7) is 1.40. The van der Waals surface area contributed by atoms with E-state index in [4.69, 9.17) is 4.74 Å². The molecule has 1 amide bonds. The second-order valence-corrected chi connectivity index (χ2v) is 4.57. The highest BCUT2D eigenvalue weighted by Gasteiger charge is 2.16. The van der Waals surface area contributed by atoms with Gasteiger partial charge in [0.05, 0.1) is 18.2 Å². The maximum absolute atomic E-state index is 11.8. The van der Waals surface area contributed by atoms with Crippen molar-refractivity contribution in [1.82, 2.24) is 10.3 Å². The summed E-state index contributed by atoms with van der Waals surface area (Å²) in [5, 5.41) is 2.94. The minimum Gasteiger partial charge on any atom is -0.379 e. The highest BCUT2D eigenvalue weighted by atomic mass is 79.9. The predicted octanol–water partition coefficient (Wildman–Crippen LogP) is 1.75. The molecule has 1 aliphatic rings. The van der Waals surface area contributed by atoms with E-state index in [1.165, 1.54) is 0 Å². The standard InChI is InChI=1S/C11H13BrN2O2/c12-10-4-3-8(6-13-10)11(15)14-9-2-1-5-16-7-9/h3-4,6,9H,1-2,5,7H2,(H,14,15). The minimum atomic E-state index is -0.0875. The Bertz CT molecular complexity index is 361. The van der Waals surface area contributed by atoms with Crippen molar-refractivity contribution in [2.45, 2.75) is 18.9 Å². The average Bonchev–Trinajstić information content (AvgIpc) is 2.31. The molecule has 0 radical (unpaired) electrons. The van der Waals surface area contributed by atoms with Gasteiger partial charge >= 0.3 is 0 Å². The van der Waals surface area contributed by atoms with Crippen molar-refractivity contribution in [3.63, 3.8) is 0 Å². The van der Waals surface area contributed by atoms with Crippen LogP contribution in [0, 0.1) is 0 Å². The second-order valence-electron chi connectivity index (χ2n) is 3.76. The van der Waals surface area contributed by atoms with Crippen LogP contribution in [0.25, 0.3) is 0 Å². The van der Waals surface area contributed by atoms with Crippen LogP contribution in [-0.2, 0) is 4.74 Å². The Morgan fingerprint density at radius 2 is 2.44 bits per heavy atom. The van der Waals surface area contributed by atoms with Crippen LogP contribution in [0.5, 0.6) is 0 Å². The minimum absolute atomic E-state index is 0.0875. The zero-order chi connectivity index (χ0) is 11.4. The molecule has 1 atom stereocenters. The van der Waals surface area contributed by atoms with E-state index in [1.54, 1.807) is 18.3 Å². The molecular weight excluding hydrogens is 272 g/mol. The van der Waals surface area contributed by atoms with Gasteiger partial charge in [-0.3, -0.25) is 4.79 Å². The second kappa shape index (κ2) is 5.41. The Balaban J connectivity index is 1.94. The lowest BCUT2D eigenvalue weighted by molar-refractivity contribution is 0.0624. The lowest BCUT2D eigenvalue weighted by Crippen LogP contribution is -2.40. The number of halogens is 1. The zero-order valence-electron chi connectivity index (χ0n) is 8.78. The number of amides is 1. The molecule has 1 aromatic heterocycles. The molecule has 1 aliphatic heterocycles. The summed E-state index contributed by atoms with van der Waals surface area (Å²) in [6, 6.07) is 3.63. The Labute approximate surface area is 103 Å². The molecule has 5 heteroatoms. The Hall–Kier alpha value is -0.940. The van der Waals surface area contributed by atoms with Gasteiger partial charge in [0.15, 0.2) is 0 Å². The third-order valence-corrected chi connectivity index (χ3v) is 2.95. The van der Waals surface area contributed by atoms with Crippen LogP contribution < -0.4 is 5.32 Å². The van der Waals surface area contributed by atoms with Gasteiger partial charge in [-0.1, -0.05) is 0 Å². The first-order chi connectivity index (χ1) is 7.75. The van der Waals surface area contributed by atoms with Crippen LogP contribution >= 0.6 is 15.9 Å². The van der Waals surface area contributed by atoms with E-state index in [2.05, 4.69) is 26.2 Å². The Morgan fingerprint density at radius 3 is 3.06 bits per heavy atom. The molecule has 16 heavy (non-hydrogen) atoms. The number of ether oxygens (including phenoxy) is 1. The fraction of sp³-hybridized carbons (Fsp3) is 0.455. The fourth-order valence-corrected chi connectivity index (χ4v) is 1.87. The monoisotopic (exact) mass is 284 g/mol. The van der Waals surface area contributed by atoms with Crippen molar-refractivity contribution in [2.75, 3.05) is 13.2 Å². The van der Waals surface area contributed by atoms with E-state index in [-0.39, 0.29) is 11.9 Å². The van der Waals surface area contributed by atoms with Crippen LogP contribution in [0.3, 0.4) is 0 Å². The van der Waals surface area contributed by atoms with Crippen LogP contribution in [0.1, 0.15) is 23.2 Å². The molecule has 1 aromatic rings. The molecule has 1 unspecified atom stereocenters. The van der Waals surface area contributed by atoms with Gasteiger partial charge in [-0.05, 0) is 40.9 Å². The molecule has 86 valence electrons. The van der Waals surface area contributed by atoms with Gasteiger partial charge < -0.3 is 10.1 Å². The van der Waals surface area contributed by atoms with Crippen molar-refractivity contribution < 1.29 is 9.53 Å². The number of nitrogens with one attached hydrogen (secondary N) is 1. The third kappa shape index (κ3) is 3.02. The first kappa shape index (κ1) is 11.5. The van der Waals surface area contributed by atoms with Gasteiger partial charge in [0.2, 0.25) is 0 Å². The largest absolute Gasteiger partial charge is 0.379 e. The number of nitrogens with zero attached hydrogens (tertiary/aromatic N) is 1. The SMILES string of the molecule is O=C(NC1CCCOC1)c1ccc(Br)nc1. The number of rotatable bonds is 2. The van der Waals surface area contributed by atoms with Crippen molar-refractivity contribution in [3.05, 3.63) is 28.5 Å². The van der Waals surface area contributed by atoms with Gasteiger partial charge in [-0.25, -0.2) is 4.98 Å². The lowest BCUT2D eigenvalue weighted by atomic mass is 10.1. The summed E-state index contributed by atoms with van der Waals surface area (Å²) in [5.74, 6) is -0.0875. The smallest absolute Gasteiger partial charge is 0.253 e. The van der Waals surface area contributed by atoms with Gasteiger partial charge in [0, 0.05) is 12.8 Å². The van der Waals surface area contributed by atoms with Crippen LogP contribution in [0.15, 0.2) is 22.9 Å². The van der Waals surface area contributed by atoms with Gasteiger partial charge in [-0.2, -0.15) is 0 Å². The molecule has 0 saturated carbocycles. The molecule has 0 spiro atoms. The van der Waals surface area contributed by atoms with E-state index in [1.807, 2.05) is 0 Å². The average molecular weight is 285 g/mol. The van der Waals surface area contributed by atoms with Gasteiger partial charge in [0.1, 0.15) is 4.60 Å². The van der Waals surface area contributed by atoms with E-state index < -0.39 is 0 Å². The zero-order valence-corrected chi connectivity index (χ0v) is 10.4. The molecule has 1 saturated heterocycles. The highest BCUT2D eigenvalue weighted by molar-refractivity contribution is 9.10. The van der Waals surface area contributed by atoms with E-state index in [0.717, 1.165) is 24.1 Å². The summed E-state index contributed by atoms with van der Waals surface area (Å²) in [5.41, 5.74) is 0.578. The normalized spacial score (nSPS) is 20.4. The fourth-order valence-electron chi connectivity index (χ4n) is 1.63. The molecular formula is C11H13BrN2O2. The molecule has 1 N–H and O–H groups in total. The Morgan fingerprint density at radius 1 is 1.56 bits per heavy atom. The topological polar surface area (TPSA) is 51.2 Å². The van der Waals surface area contributed by atoms with E-state index >= 15 is 0 Å². The number of carbonyl (C=O) groups excluding carboxylic acids is 1. The highest BCUT2D eigenvalue weighted by Crippen LogP contribution is 2.09. The number of hydrogen-bond donors (Lipinski definition) is 1. The summed E-state index contributed by atoms with van der Waals surface area (Å²) < 4.78 is 6.03. The summed E-state index contributed by atoms with van der Waals surface area (Å²) in [7, 11) is 0. The number of carbonyl (C=O) groups is 1. The van der Waals surface area contributed by atoms with Crippen molar-refractivity contribution >= 4 is 21.8 Å². The molecule has 2 rings (SSSR count). The van der Waals surface area contributed by atoms with Crippen molar-refractivity contribution in [3.8, 4) is 0 Å². The molecule has 4 nitrogen and oxygen atoms in total. The quantitative estimate of drug-likeness (QED) is 0.842. The molecule has 1 fully saturated rings.